The number of aromatic nitrogens is 1. The Bertz CT molecular complexity index is 514. The van der Waals surface area contributed by atoms with Crippen molar-refractivity contribution in [2.45, 2.75) is 6.54 Å². The molecule has 0 radical (unpaired) electrons. The van der Waals surface area contributed by atoms with Gasteiger partial charge in [0.05, 0.1) is 17.7 Å². The van der Waals surface area contributed by atoms with Gasteiger partial charge < -0.3 is 15.8 Å². The molecule has 18 heavy (non-hydrogen) atoms. The number of hydrogen-bond donors (Lipinski definition) is 2. The topological polar surface area (TPSA) is 77.2 Å². The first-order valence-corrected chi connectivity index (χ1v) is 6.30. The van der Waals surface area contributed by atoms with E-state index >= 15 is 0 Å². The summed E-state index contributed by atoms with van der Waals surface area (Å²) in [4.78, 5) is 14.8. The Morgan fingerprint density at radius 3 is 3.11 bits per heavy atom. The van der Waals surface area contributed by atoms with Crippen molar-refractivity contribution in [1.29, 1.82) is 0 Å². The summed E-state index contributed by atoms with van der Waals surface area (Å²) in [5.41, 5.74) is 8.71. The lowest BCUT2D eigenvalue weighted by Crippen LogP contribution is -2.20. The van der Waals surface area contributed by atoms with Gasteiger partial charge in [-0.25, -0.2) is 4.98 Å². The molecule has 0 aliphatic carbocycles. The second kappa shape index (κ2) is 6.02. The van der Waals surface area contributed by atoms with E-state index in [4.69, 9.17) is 10.5 Å². The summed E-state index contributed by atoms with van der Waals surface area (Å²) in [6, 6.07) is 7.36. The maximum atomic E-state index is 10.6. The fourth-order valence-electron chi connectivity index (χ4n) is 1.37. The first kappa shape index (κ1) is 12.4. The maximum Gasteiger partial charge on any atom is 0.255 e. The van der Waals surface area contributed by atoms with Crippen LogP contribution in [0.25, 0.3) is 0 Å². The number of ether oxygens (including phenoxy) is 1. The number of amides is 1. The standard InChI is InChI=1S/C12H13N3O2S/c13-12(16)6-17-11-3-1-2-9(4-11)14-5-10-7-18-8-15-10/h1-4,7-8,14H,5-6H2,(H2,13,16). The molecule has 0 saturated heterocycles. The highest BCUT2D eigenvalue weighted by Crippen LogP contribution is 2.18. The van der Waals surface area contributed by atoms with Crippen LogP contribution >= 0.6 is 11.3 Å². The number of carbonyl (C=O) groups excluding carboxylic acids is 1. The molecule has 3 N–H and O–H groups in total. The van der Waals surface area contributed by atoms with Gasteiger partial charge in [-0.3, -0.25) is 4.79 Å². The number of hydrogen-bond acceptors (Lipinski definition) is 5. The monoisotopic (exact) mass is 263 g/mol. The Morgan fingerprint density at radius 2 is 2.39 bits per heavy atom. The summed E-state index contributed by atoms with van der Waals surface area (Å²) < 4.78 is 5.22. The van der Waals surface area contributed by atoms with E-state index in [1.807, 2.05) is 23.6 Å². The smallest absolute Gasteiger partial charge is 0.255 e. The third kappa shape index (κ3) is 3.74. The van der Waals surface area contributed by atoms with Crippen molar-refractivity contribution < 1.29 is 9.53 Å². The molecule has 0 atom stereocenters. The van der Waals surface area contributed by atoms with Crippen molar-refractivity contribution in [3.8, 4) is 5.75 Å². The predicted molar refractivity (Wildman–Crippen MR) is 70.6 cm³/mol. The lowest BCUT2D eigenvalue weighted by molar-refractivity contribution is -0.119. The number of rotatable bonds is 6. The largest absolute Gasteiger partial charge is 0.484 e. The van der Waals surface area contributed by atoms with Crippen LogP contribution in [0.1, 0.15) is 5.69 Å². The molecule has 0 fully saturated rings. The third-order valence-corrected chi connectivity index (χ3v) is 2.81. The van der Waals surface area contributed by atoms with E-state index in [2.05, 4.69) is 10.3 Å². The number of anilines is 1. The van der Waals surface area contributed by atoms with Gasteiger partial charge in [-0.1, -0.05) is 6.07 Å². The summed E-state index contributed by atoms with van der Waals surface area (Å²) >= 11 is 1.56. The molecular weight excluding hydrogens is 250 g/mol. The summed E-state index contributed by atoms with van der Waals surface area (Å²) in [7, 11) is 0. The zero-order valence-electron chi connectivity index (χ0n) is 9.63. The maximum absolute atomic E-state index is 10.6. The van der Waals surface area contributed by atoms with Crippen molar-refractivity contribution in [1.82, 2.24) is 4.98 Å². The van der Waals surface area contributed by atoms with E-state index in [0.717, 1.165) is 11.4 Å². The van der Waals surface area contributed by atoms with E-state index < -0.39 is 5.91 Å². The average Bonchev–Trinajstić information content (AvgIpc) is 2.87. The first-order valence-electron chi connectivity index (χ1n) is 5.36. The zero-order valence-corrected chi connectivity index (χ0v) is 10.4. The minimum absolute atomic E-state index is 0.116. The number of nitrogens with one attached hydrogen (secondary N) is 1. The highest BCUT2D eigenvalue weighted by atomic mass is 32.1. The van der Waals surface area contributed by atoms with Crippen LogP contribution in [0.5, 0.6) is 5.75 Å². The van der Waals surface area contributed by atoms with Gasteiger partial charge in [-0.2, -0.15) is 0 Å². The van der Waals surface area contributed by atoms with Crippen LogP contribution in [0, 0.1) is 0 Å². The Balaban J connectivity index is 1.92. The van der Waals surface area contributed by atoms with Crippen LogP contribution in [0.3, 0.4) is 0 Å². The molecule has 1 aromatic carbocycles. The summed E-state index contributed by atoms with van der Waals surface area (Å²) in [6.07, 6.45) is 0. The van der Waals surface area contributed by atoms with Crippen LogP contribution in [0.2, 0.25) is 0 Å². The van der Waals surface area contributed by atoms with Gasteiger partial charge in [0.15, 0.2) is 6.61 Å². The zero-order chi connectivity index (χ0) is 12.8. The Morgan fingerprint density at radius 1 is 1.50 bits per heavy atom. The molecule has 2 aromatic rings. The number of nitrogens with zero attached hydrogens (tertiary/aromatic N) is 1. The fraction of sp³-hybridized carbons (Fsp3) is 0.167. The number of thiazole rings is 1. The minimum atomic E-state index is -0.490. The Hall–Kier alpha value is -2.08. The molecule has 0 saturated carbocycles. The van der Waals surface area contributed by atoms with Crippen LogP contribution in [0.15, 0.2) is 35.2 Å². The van der Waals surface area contributed by atoms with Gasteiger partial charge in [0.25, 0.3) is 5.91 Å². The molecule has 0 aliphatic rings. The van der Waals surface area contributed by atoms with Crippen molar-refractivity contribution >= 4 is 22.9 Å². The van der Waals surface area contributed by atoms with Crippen molar-refractivity contribution in [2.24, 2.45) is 5.73 Å². The minimum Gasteiger partial charge on any atom is -0.484 e. The van der Waals surface area contributed by atoms with E-state index in [1.165, 1.54) is 0 Å². The second-order valence-electron chi connectivity index (χ2n) is 3.62. The molecular formula is C12H13N3O2S. The highest BCUT2D eigenvalue weighted by Gasteiger charge is 2.00. The van der Waals surface area contributed by atoms with Crippen molar-refractivity contribution in [3.63, 3.8) is 0 Å². The Labute approximate surface area is 109 Å². The van der Waals surface area contributed by atoms with Crippen molar-refractivity contribution in [2.75, 3.05) is 11.9 Å². The van der Waals surface area contributed by atoms with E-state index in [9.17, 15) is 4.79 Å². The number of carbonyl (C=O) groups is 1. The Kier molecular flexibility index (Phi) is 4.14. The van der Waals surface area contributed by atoms with E-state index in [-0.39, 0.29) is 6.61 Å². The number of benzene rings is 1. The molecule has 2 rings (SSSR count). The number of nitrogens with two attached hydrogens (primary N) is 1. The van der Waals surface area contributed by atoms with E-state index in [0.29, 0.717) is 12.3 Å². The normalized spacial score (nSPS) is 10.0. The van der Waals surface area contributed by atoms with E-state index in [1.54, 1.807) is 22.9 Å². The summed E-state index contributed by atoms with van der Waals surface area (Å²) in [6.45, 7) is 0.540. The molecule has 1 heterocycles. The average molecular weight is 263 g/mol. The highest BCUT2D eigenvalue weighted by molar-refractivity contribution is 7.07. The lowest BCUT2D eigenvalue weighted by Gasteiger charge is -2.07. The molecule has 0 bridgehead atoms. The summed E-state index contributed by atoms with van der Waals surface area (Å²) in [5, 5.41) is 5.21. The third-order valence-electron chi connectivity index (χ3n) is 2.17. The van der Waals surface area contributed by atoms with Crippen LogP contribution in [-0.2, 0) is 11.3 Å². The van der Waals surface area contributed by atoms with Gasteiger partial charge >= 0.3 is 0 Å². The second-order valence-corrected chi connectivity index (χ2v) is 4.33. The van der Waals surface area contributed by atoms with Crippen molar-refractivity contribution in [3.05, 3.63) is 40.8 Å². The molecule has 5 nitrogen and oxygen atoms in total. The van der Waals surface area contributed by atoms with Gasteiger partial charge in [0, 0.05) is 17.1 Å². The van der Waals surface area contributed by atoms with Gasteiger partial charge in [0.2, 0.25) is 0 Å². The number of primary amides is 1. The van der Waals surface area contributed by atoms with Gasteiger partial charge in [-0.15, -0.1) is 11.3 Å². The van der Waals surface area contributed by atoms with Gasteiger partial charge in [-0.05, 0) is 12.1 Å². The molecule has 0 spiro atoms. The predicted octanol–water partition coefficient (Wildman–Crippen LogP) is 1.62. The summed E-state index contributed by atoms with van der Waals surface area (Å²) in [5.74, 6) is 0.118. The lowest BCUT2D eigenvalue weighted by atomic mass is 10.3. The molecule has 1 aromatic heterocycles. The van der Waals surface area contributed by atoms with Crippen LogP contribution < -0.4 is 15.8 Å². The molecule has 94 valence electrons. The molecule has 0 unspecified atom stereocenters. The molecule has 6 heteroatoms. The molecule has 0 aliphatic heterocycles. The van der Waals surface area contributed by atoms with Crippen LogP contribution in [-0.4, -0.2) is 17.5 Å². The van der Waals surface area contributed by atoms with Gasteiger partial charge in [0.1, 0.15) is 5.75 Å². The fourth-order valence-corrected chi connectivity index (χ4v) is 1.93. The molecule has 1 amide bonds. The SMILES string of the molecule is NC(=O)COc1cccc(NCc2cscn2)c1. The quantitative estimate of drug-likeness (QED) is 0.830. The first-order chi connectivity index (χ1) is 8.74. The van der Waals surface area contributed by atoms with Crippen LogP contribution in [0.4, 0.5) is 5.69 Å².